The molecule has 0 radical (unpaired) electrons. The third-order valence-corrected chi connectivity index (χ3v) is 4.01. The quantitative estimate of drug-likeness (QED) is 0.895. The van der Waals surface area contributed by atoms with Crippen molar-refractivity contribution in [3.8, 4) is 0 Å². The third-order valence-electron chi connectivity index (χ3n) is 4.01. The van der Waals surface area contributed by atoms with Crippen molar-refractivity contribution in [2.45, 2.75) is 25.8 Å². The van der Waals surface area contributed by atoms with E-state index >= 15 is 0 Å². The number of hydrogen-bond acceptors (Lipinski definition) is 3. The van der Waals surface area contributed by atoms with E-state index < -0.39 is 0 Å². The van der Waals surface area contributed by atoms with E-state index in [9.17, 15) is 0 Å². The van der Waals surface area contributed by atoms with Gasteiger partial charge in [0.15, 0.2) is 0 Å². The van der Waals surface area contributed by atoms with Crippen LogP contribution in [0.3, 0.4) is 0 Å². The van der Waals surface area contributed by atoms with Crippen LogP contribution in [0.2, 0.25) is 0 Å². The first kappa shape index (κ1) is 14.5. The number of piperazine rings is 1. The van der Waals surface area contributed by atoms with Gasteiger partial charge in [0.25, 0.3) is 0 Å². The number of rotatable bonds is 4. The highest BCUT2D eigenvalue weighted by atomic mass is 15.2. The third kappa shape index (κ3) is 4.30. The Bertz CT molecular complexity index is 383. The Balaban J connectivity index is 1.83. The summed E-state index contributed by atoms with van der Waals surface area (Å²) in [4.78, 5) is 4.95. The van der Waals surface area contributed by atoms with Gasteiger partial charge in [-0.05, 0) is 38.4 Å². The highest BCUT2D eigenvalue weighted by Gasteiger charge is 2.15. The topological polar surface area (TPSA) is 32.5 Å². The maximum Gasteiger partial charge on any atom is 0.0352 e. The summed E-state index contributed by atoms with van der Waals surface area (Å²) in [5.74, 6) is 0. The van der Waals surface area contributed by atoms with E-state index in [1.807, 2.05) is 13.8 Å². The largest absolute Gasteiger partial charge is 0.322 e. The molecule has 1 heterocycles. The molecule has 0 aliphatic carbocycles. The summed E-state index contributed by atoms with van der Waals surface area (Å²) >= 11 is 0. The van der Waals surface area contributed by atoms with Crippen LogP contribution in [0.1, 0.15) is 25.0 Å². The lowest BCUT2D eigenvalue weighted by Crippen LogP contribution is -2.45. The summed E-state index contributed by atoms with van der Waals surface area (Å²) < 4.78 is 0. The van der Waals surface area contributed by atoms with Gasteiger partial charge in [-0.1, -0.05) is 24.3 Å². The normalized spacial score (nSPS) is 18.7. The van der Waals surface area contributed by atoms with Crippen LogP contribution in [0, 0.1) is 0 Å². The molecule has 1 aliphatic rings. The lowest BCUT2D eigenvalue weighted by Gasteiger charge is -2.32. The monoisotopic (exact) mass is 261 g/mol. The first-order valence-corrected chi connectivity index (χ1v) is 7.24. The van der Waals surface area contributed by atoms with Crippen molar-refractivity contribution < 1.29 is 0 Å². The van der Waals surface area contributed by atoms with E-state index in [0.717, 1.165) is 6.42 Å². The van der Waals surface area contributed by atoms with Crippen molar-refractivity contribution in [1.29, 1.82) is 0 Å². The van der Waals surface area contributed by atoms with Crippen LogP contribution in [0.5, 0.6) is 0 Å². The maximum atomic E-state index is 6.10. The molecule has 106 valence electrons. The summed E-state index contributed by atoms with van der Waals surface area (Å²) in [5, 5.41) is 0. The summed E-state index contributed by atoms with van der Waals surface area (Å²) in [7, 11) is 2.20. The van der Waals surface area contributed by atoms with Gasteiger partial charge in [0, 0.05) is 38.3 Å². The zero-order chi connectivity index (χ0) is 13.9. The number of benzene rings is 1. The van der Waals surface area contributed by atoms with E-state index in [2.05, 4.69) is 41.1 Å². The second-order valence-electron chi connectivity index (χ2n) is 6.31. The standard InChI is InChI=1S/C16H27N3/c1-16(2,17)15-6-4-14(5-7-15)8-9-19-12-10-18(3)11-13-19/h4-7H,8-13,17H2,1-3H3. The van der Waals surface area contributed by atoms with Crippen LogP contribution in [-0.2, 0) is 12.0 Å². The molecule has 1 aliphatic heterocycles. The zero-order valence-corrected chi connectivity index (χ0v) is 12.5. The first-order valence-electron chi connectivity index (χ1n) is 7.24. The predicted octanol–water partition coefficient (Wildman–Crippen LogP) is 1.67. The molecule has 0 amide bonds. The molecule has 0 bridgehead atoms. The minimum atomic E-state index is -0.240. The van der Waals surface area contributed by atoms with E-state index in [-0.39, 0.29) is 5.54 Å². The van der Waals surface area contributed by atoms with Gasteiger partial charge in [0.05, 0.1) is 0 Å². The highest BCUT2D eigenvalue weighted by molar-refractivity contribution is 5.27. The Morgan fingerprint density at radius 2 is 1.63 bits per heavy atom. The van der Waals surface area contributed by atoms with E-state index in [1.165, 1.54) is 43.9 Å². The average Bonchev–Trinajstić information content (AvgIpc) is 2.37. The molecule has 0 aromatic heterocycles. The lowest BCUT2D eigenvalue weighted by molar-refractivity contribution is 0.155. The molecule has 1 saturated heterocycles. The highest BCUT2D eigenvalue weighted by Crippen LogP contribution is 2.17. The van der Waals surface area contributed by atoms with Gasteiger partial charge in [-0.2, -0.15) is 0 Å². The van der Waals surface area contributed by atoms with E-state index in [1.54, 1.807) is 0 Å². The molecule has 19 heavy (non-hydrogen) atoms. The number of nitrogens with two attached hydrogens (primary N) is 1. The van der Waals surface area contributed by atoms with Gasteiger partial charge in [-0.3, -0.25) is 0 Å². The Hall–Kier alpha value is -0.900. The van der Waals surface area contributed by atoms with Crippen LogP contribution < -0.4 is 5.73 Å². The van der Waals surface area contributed by atoms with Gasteiger partial charge in [0.1, 0.15) is 0 Å². The maximum absolute atomic E-state index is 6.10. The van der Waals surface area contributed by atoms with Gasteiger partial charge in [0.2, 0.25) is 0 Å². The molecule has 0 spiro atoms. The SMILES string of the molecule is CN1CCN(CCc2ccc(C(C)(C)N)cc2)CC1. The Morgan fingerprint density at radius 1 is 1.05 bits per heavy atom. The second kappa shape index (κ2) is 6.04. The second-order valence-corrected chi connectivity index (χ2v) is 6.31. The summed E-state index contributed by atoms with van der Waals surface area (Å²) in [6.45, 7) is 10.0. The van der Waals surface area contributed by atoms with Crippen LogP contribution in [-0.4, -0.2) is 49.6 Å². The smallest absolute Gasteiger partial charge is 0.0352 e. The molecular weight excluding hydrogens is 234 g/mol. The van der Waals surface area contributed by atoms with Crippen molar-refractivity contribution in [1.82, 2.24) is 9.80 Å². The van der Waals surface area contributed by atoms with Crippen molar-refractivity contribution in [2.24, 2.45) is 5.73 Å². The van der Waals surface area contributed by atoms with Gasteiger partial charge in [-0.25, -0.2) is 0 Å². The molecule has 1 fully saturated rings. The first-order chi connectivity index (χ1) is 8.95. The molecule has 2 N–H and O–H groups in total. The Labute approximate surface area is 117 Å². The number of likely N-dealkylation sites (N-methyl/N-ethyl adjacent to an activating group) is 1. The van der Waals surface area contributed by atoms with Crippen LogP contribution >= 0.6 is 0 Å². The van der Waals surface area contributed by atoms with E-state index in [4.69, 9.17) is 5.73 Å². The Morgan fingerprint density at radius 3 is 2.16 bits per heavy atom. The van der Waals surface area contributed by atoms with Gasteiger partial charge < -0.3 is 15.5 Å². The molecule has 0 saturated carbocycles. The molecular formula is C16H27N3. The van der Waals surface area contributed by atoms with Crippen molar-refractivity contribution in [2.75, 3.05) is 39.8 Å². The summed E-state index contributed by atoms with van der Waals surface area (Å²) in [5.41, 5.74) is 8.47. The van der Waals surface area contributed by atoms with Gasteiger partial charge in [-0.15, -0.1) is 0 Å². The van der Waals surface area contributed by atoms with Crippen LogP contribution in [0.4, 0.5) is 0 Å². The van der Waals surface area contributed by atoms with Crippen LogP contribution in [0.25, 0.3) is 0 Å². The average molecular weight is 261 g/mol. The summed E-state index contributed by atoms with van der Waals surface area (Å²) in [6.07, 6.45) is 1.13. The predicted molar refractivity (Wildman–Crippen MR) is 81.3 cm³/mol. The molecule has 3 heteroatoms. The zero-order valence-electron chi connectivity index (χ0n) is 12.5. The van der Waals surface area contributed by atoms with E-state index in [0.29, 0.717) is 0 Å². The molecule has 1 aromatic rings. The molecule has 1 aromatic carbocycles. The molecule has 0 atom stereocenters. The molecule has 3 nitrogen and oxygen atoms in total. The minimum Gasteiger partial charge on any atom is -0.322 e. The fraction of sp³-hybridized carbons (Fsp3) is 0.625. The molecule has 0 unspecified atom stereocenters. The minimum absolute atomic E-state index is 0.240. The van der Waals surface area contributed by atoms with Crippen molar-refractivity contribution in [3.05, 3.63) is 35.4 Å². The van der Waals surface area contributed by atoms with Gasteiger partial charge >= 0.3 is 0 Å². The fourth-order valence-electron chi connectivity index (χ4n) is 2.46. The van der Waals surface area contributed by atoms with Crippen LogP contribution in [0.15, 0.2) is 24.3 Å². The number of hydrogen-bond donors (Lipinski definition) is 1. The Kier molecular flexibility index (Phi) is 4.61. The number of nitrogens with zero attached hydrogens (tertiary/aromatic N) is 2. The van der Waals surface area contributed by atoms with Crippen molar-refractivity contribution in [3.63, 3.8) is 0 Å². The molecule has 2 rings (SSSR count). The lowest BCUT2D eigenvalue weighted by atomic mass is 9.94. The van der Waals surface area contributed by atoms with Crippen molar-refractivity contribution >= 4 is 0 Å². The summed E-state index contributed by atoms with van der Waals surface area (Å²) in [6, 6.07) is 8.78. The fourth-order valence-corrected chi connectivity index (χ4v) is 2.46.